The minimum atomic E-state index is -0.137. The van der Waals surface area contributed by atoms with Crippen molar-refractivity contribution in [2.24, 2.45) is 0 Å². The van der Waals surface area contributed by atoms with Crippen molar-refractivity contribution < 1.29 is 0 Å². The first-order valence-corrected chi connectivity index (χ1v) is 19.9. The van der Waals surface area contributed by atoms with Gasteiger partial charge in [-0.2, -0.15) is 0 Å². The lowest BCUT2D eigenvalue weighted by molar-refractivity contribution is 0.660. The minimum Gasteiger partial charge on any atom is -0.310 e. The number of hydrogen-bond acceptors (Lipinski definition) is 3. The Bertz CT molecular complexity index is 3430. The maximum atomic E-state index is 5.45. The molecular formula is C53H37N5. The molecule has 0 radical (unpaired) electrons. The van der Waals surface area contributed by atoms with Crippen LogP contribution in [-0.2, 0) is 5.41 Å². The molecule has 0 spiro atoms. The van der Waals surface area contributed by atoms with Gasteiger partial charge in [0, 0.05) is 38.6 Å². The Hall–Kier alpha value is -7.50. The number of para-hydroxylation sites is 4. The van der Waals surface area contributed by atoms with Crippen LogP contribution < -0.4 is 4.90 Å². The molecule has 0 amide bonds. The number of imidazole rings is 1. The molecule has 274 valence electrons. The van der Waals surface area contributed by atoms with Gasteiger partial charge in [-0.1, -0.05) is 135 Å². The van der Waals surface area contributed by atoms with Gasteiger partial charge in [-0.15, -0.1) is 0 Å². The molecular weight excluding hydrogens is 707 g/mol. The summed E-state index contributed by atoms with van der Waals surface area (Å²) < 4.78 is 4.57. The number of nitrogens with zero attached hydrogens (tertiary/aromatic N) is 5. The van der Waals surface area contributed by atoms with E-state index in [4.69, 9.17) is 9.97 Å². The maximum absolute atomic E-state index is 5.45. The van der Waals surface area contributed by atoms with Gasteiger partial charge in [-0.05, 0) is 100 Å². The van der Waals surface area contributed by atoms with Crippen molar-refractivity contribution in [2.45, 2.75) is 19.3 Å². The smallest absolute Gasteiger partial charge is 0.221 e. The average molecular weight is 744 g/mol. The molecule has 0 saturated carbocycles. The Labute approximate surface area is 335 Å². The second kappa shape index (κ2) is 12.2. The molecule has 1 aliphatic rings. The molecule has 3 heterocycles. The molecule has 0 atom stereocenters. The topological polar surface area (TPSA) is 38.4 Å². The zero-order valence-electron chi connectivity index (χ0n) is 32.1. The summed E-state index contributed by atoms with van der Waals surface area (Å²) >= 11 is 0. The van der Waals surface area contributed by atoms with E-state index in [1.165, 1.54) is 38.8 Å². The van der Waals surface area contributed by atoms with Crippen LogP contribution in [0.3, 0.4) is 0 Å². The van der Waals surface area contributed by atoms with Gasteiger partial charge in [0.2, 0.25) is 5.95 Å². The molecule has 0 saturated heterocycles. The molecule has 5 heteroatoms. The molecule has 0 aliphatic heterocycles. The molecule has 1 aliphatic carbocycles. The lowest BCUT2D eigenvalue weighted by Gasteiger charge is -2.28. The van der Waals surface area contributed by atoms with E-state index < -0.39 is 0 Å². The Morgan fingerprint density at radius 2 is 1.03 bits per heavy atom. The van der Waals surface area contributed by atoms with Crippen LogP contribution in [0, 0.1) is 0 Å². The highest BCUT2D eigenvalue weighted by atomic mass is 15.2. The molecule has 11 aromatic rings. The highest BCUT2D eigenvalue weighted by molar-refractivity contribution is 6.11. The first-order chi connectivity index (χ1) is 28.5. The first kappa shape index (κ1) is 32.7. The van der Waals surface area contributed by atoms with Gasteiger partial charge < -0.3 is 4.90 Å². The summed E-state index contributed by atoms with van der Waals surface area (Å²) in [6.45, 7) is 4.70. The van der Waals surface area contributed by atoms with E-state index in [1.54, 1.807) is 0 Å². The van der Waals surface area contributed by atoms with Gasteiger partial charge in [0.05, 0.1) is 27.6 Å². The number of fused-ring (bicyclic) bond motifs is 11. The third-order valence-corrected chi connectivity index (χ3v) is 12.3. The Morgan fingerprint density at radius 1 is 0.431 bits per heavy atom. The summed E-state index contributed by atoms with van der Waals surface area (Å²) in [6.07, 6.45) is 0. The number of aromatic nitrogens is 4. The maximum Gasteiger partial charge on any atom is 0.221 e. The van der Waals surface area contributed by atoms with Crippen molar-refractivity contribution in [1.82, 2.24) is 18.9 Å². The van der Waals surface area contributed by atoms with Crippen LogP contribution in [-0.4, -0.2) is 18.9 Å². The normalized spacial score (nSPS) is 13.1. The number of anilines is 3. The van der Waals surface area contributed by atoms with E-state index in [9.17, 15) is 0 Å². The zero-order valence-corrected chi connectivity index (χ0v) is 32.1. The van der Waals surface area contributed by atoms with Crippen LogP contribution >= 0.6 is 0 Å². The van der Waals surface area contributed by atoms with Crippen molar-refractivity contribution in [3.8, 4) is 28.2 Å². The van der Waals surface area contributed by atoms with E-state index in [-0.39, 0.29) is 5.41 Å². The number of rotatable bonds is 5. The van der Waals surface area contributed by atoms with Crippen LogP contribution in [0.25, 0.3) is 77.6 Å². The molecule has 0 N–H and O–H groups in total. The van der Waals surface area contributed by atoms with Crippen molar-refractivity contribution in [3.05, 3.63) is 199 Å². The third kappa shape index (κ3) is 4.71. The standard InChI is InChI=1S/C53H37N5/c1-53(2)44-19-9-6-16-39(44)40-30-28-37(32-45(40)53)56(36-26-24-35(25-27-36)34-14-4-3-5-15-34)38-29-31-42-41-17-8-12-22-48(41)57(50(42)33-38)52-55-46-20-10-7-18-43(46)51-54-47-21-11-13-23-49(47)58(51)52/h3-33H,1-2H3. The Balaban J connectivity index is 1.12. The summed E-state index contributed by atoms with van der Waals surface area (Å²) in [5.41, 5.74) is 16.8. The average Bonchev–Trinajstić information content (AvgIpc) is 3.90. The largest absolute Gasteiger partial charge is 0.310 e. The lowest BCUT2D eigenvalue weighted by Crippen LogP contribution is -2.16. The van der Waals surface area contributed by atoms with Crippen molar-refractivity contribution in [2.75, 3.05) is 4.90 Å². The van der Waals surface area contributed by atoms with E-state index >= 15 is 0 Å². The molecule has 3 aromatic heterocycles. The zero-order chi connectivity index (χ0) is 38.5. The number of hydrogen-bond donors (Lipinski definition) is 0. The predicted molar refractivity (Wildman–Crippen MR) is 240 cm³/mol. The van der Waals surface area contributed by atoms with Crippen molar-refractivity contribution >= 4 is 66.5 Å². The lowest BCUT2D eigenvalue weighted by atomic mass is 9.82. The third-order valence-electron chi connectivity index (χ3n) is 12.3. The highest BCUT2D eigenvalue weighted by Crippen LogP contribution is 2.51. The van der Waals surface area contributed by atoms with Gasteiger partial charge in [0.15, 0.2) is 0 Å². The van der Waals surface area contributed by atoms with Gasteiger partial charge in [-0.25, -0.2) is 9.97 Å². The predicted octanol–water partition coefficient (Wildman–Crippen LogP) is 13.6. The fourth-order valence-corrected chi connectivity index (χ4v) is 9.50. The monoisotopic (exact) mass is 743 g/mol. The van der Waals surface area contributed by atoms with Crippen LogP contribution in [0.1, 0.15) is 25.0 Å². The van der Waals surface area contributed by atoms with Gasteiger partial charge in [-0.3, -0.25) is 8.97 Å². The van der Waals surface area contributed by atoms with Crippen molar-refractivity contribution in [1.29, 1.82) is 0 Å². The van der Waals surface area contributed by atoms with Crippen LogP contribution in [0.5, 0.6) is 0 Å². The molecule has 5 nitrogen and oxygen atoms in total. The number of benzene rings is 8. The van der Waals surface area contributed by atoms with Gasteiger partial charge in [0.1, 0.15) is 5.65 Å². The SMILES string of the molecule is CC1(C)c2ccccc2-c2ccc(N(c3ccc(-c4ccccc4)cc3)c3ccc4c5ccccc5n(-c5nc6ccccc6c6nc7ccccc7n56)c4c3)cc21. The quantitative estimate of drug-likeness (QED) is 0.176. The van der Waals surface area contributed by atoms with Gasteiger partial charge in [0.25, 0.3) is 0 Å². The Morgan fingerprint density at radius 3 is 1.88 bits per heavy atom. The van der Waals surface area contributed by atoms with E-state index in [0.717, 1.165) is 67.0 Å². The van der Waals surface area contributed by atoms with Crippen LogP contribution in [0.15, 0.2) is 188 Å². The fraction of sp³-hybridized carbons (Fsp3) is 0.0566. The molecule has 8 aromatic carbocycles. The van der Waals surface area contributed by atoms with E-state index in [0.29, 0.717) is 0 Å². The van der Waals surface area contributed by atoms with Crippen LogP contribution in [0.4, 0.5) is 17.1 Å². The van der Waals surface area contributed by atoms with Crippen LogP contribution in [0.2, 0.25) is 0 Å². The van der Waals surface area contributed by atoms with Crippen molar-refractivity contribution in [3.63, 3.8) is 0 Å². The first-order valence-electron chi connectivity index (χ1n) is 19.9. The molecule has 0 fully saturated rings. The second-order valence-corrected chi connectivity index (χ2v) is 15.9. The van der Waals surface area contributed by atoms with E-state index in [2.05, 4.69) is 216 Å². The molecule has 12 rings (SSSR count). The Kier molecular flexibility index (Phi) is 6.91. The molecule has 0 bridgehead atoms. The fourth-order valence-electron chi connectivity index (χ4n) is 9.50. The minimum absolute atomic E-state index is 0.137. The molecule has 58 heavy (non-hydrogen) atoms. The molecule has 0 unspecified atom stereocenters. The van der Waals surface area contributed by atoms with Gasteiger partial charge >= 0.3 is 0 Å². The summed E-state index contributed by atoms with van der Waals surface area (Å²) in [7, 11) is 0. The summed E-state index contributed by atoms with van der Waals surface area (Å²) in [5, 5.41) is 3.36. The summed E-state index contributed by atoms with van der Waals surface area (Å²) in [5.74, 6) is 0.807. The highest BCUT2D eigenvalue weighted by Gasteiger charge is 2.36. The summed E-state index contributed by atoms with van der Waals surface area (Å²) in [4.78, 5) is 13.0. The second-order valence-electron chi connectivity index (χ2n) is 15.9. The summed E-state index contributed by atoms with van der Waals surface area (Å²) in [6, 6.07) is 67.7. The van der Waals surface area contributed by atoms with E-state index in [1.807, 2.05) is 0 Å².